The van der Waals surface area contributed by atoms with Gasteiger partial charge in [0.15, 0.2) is 5.43 Å². The van der Waals surface area contributed by atoms with E-state index in [2.05, 4.69) is 22.1 Å². The Hall–Kier alpha value is -3.47. The molecule has 1 N–H and O–H groups in total. The maximum atomic E-state index is 13.4. The van der Waals surface area contributed by atoms with Crippen molar-refractivity contribution < 1.29 is 0 Å². The van der Waals surface area contributed by atoms with Gasteiger partial charge in [-0.25, -0.2) is 4.98 Å². The molecule has 31 heavy (non-hydrogen) atoms. The number of pyridine rings is 2. The van der Waals surface area contributed by atoms with Gasteiger partial charge in [0.2, 0.25) is 0 Å². The minimum atomic E-state index is -0.117. The summed E-state index contributed by atoms with van der Waals surface area (Å²) in [6.07, 6.45) is 6.22. The van der Waals surface area contributed by atoms with E-state index in [1.54, 1.807) is 16.5 Å². The van der Waals surface area contributed by atoms with Crippen LogP contribution in [0.5, 0.6) is 0 Å². The number of hydrogen-bond donors (Lipinski definition) is 1. The van der Waals surface area contributed by atoms with Crippen LogP contribution in [0.2, 0.25) is 0 Å². The lowest BCUT2D eigenvalue weighted by molar-refractivity contribution is 0.444. The van der Waals surface area contributed by atoms with Crippen LogP contribution in [-0.2, 0) is 0 Å². The normalized spacial score (nSPS) is 15.4. The second kappa shape index (κ2) is 6.77. The predicted octanol–water partition coefficient (Wildman–Crippen LogP) is 5.20. The topological polar surface area (TPSA) is 67.2 Å². The first-order valence-electron chi connectivity index (χ1n) is 11.0. The van der Waals surface area contributed by atoms with E-state index >= 15 is 0 Å². The molecule has 0 saturated heterocycles. The lowest BCUT2D eigenvalue weighted by atomic mass is 9.83. The minimum absolute atomic E-state index is 0.00505. The third-order valence-electron chi connectivity index (χ3n) is 6.85. The second-order valence-electron chi connectivity index (χ2n) is 8.79. The second-order valence-corrected chi connectivity index (χ2v) is 8.79. The highest BCUT2D eigenvalue weighted by atomic mass is 16.1. The van der Waals surface area contributed by atoms with E-state index in [9.17, 15) is 9.59 Å². The standard InChI is InChI=1S/C26H23N3O2/c1-15-6-5-9-24-28-23-13-19-22(14-20(23)26(31)29(15)24)27-21-11-10-17(12-18(21)25(19)30)16-7-3-2-4-8-16/h5-6,9-14,16H,2-4,7-8H2,1H3,(H,27,30). The summed E-state index contributed by atoms with van der Waals surface area (Å²) in [5.41, 5.74) is 4.59. The number of aromatic nitrogens is 3. The van der Waals surface area contributed by atoms with Crippen LogP contribution in [0.15, 0.2) is 58.1 Å². The molecule has 3 heterocycles. The monoisotopic (exact) mass is 409 g/mol. The minimum Gasteiger partial charge on any atom is -0.354 e. The largest absolute Gasteiger partial charge is 0.354 e. The first-order valence-corrected chi connectivity index (χ1v) is 11.0. The van der Waals surface area contributed by atoms with Gasteiger partial charge in [-0.2, -0.15) is 0 Å². The Labute approximate surface area is 178 Å². The summed E-state index contributed by atoms with van der Waals surface area (Å²) >= 11 is 0. The third-order valence-corrected chi connectivity index (χ3v) is 6.85. The molecular weight excluding hydrogens is 386 g/mol. The molecule has 1 fully saturated rings. The van der Waals surface area contributed by atoms with E-state index in [1.165, 1.54) is 37.7 Å². The summed E-state index contributed by atoms with van der Waals surface area (Å²) in [7, 11) is 0. The Kier molecular flexibility index (Phi) is 4.00. The Morgan fingerprint density at radius 1 is 0.903 bits per heavy atom. The van der Waals surface area contributed by atoms with Crippen molar-refractivity contribution in [1.29, 1.82) is 0 Å². The highest BCUT2D eigenvalue weighted by molar-refractivity contribution is 6.00. The average molecular weight is 409 g/mol. The SMILES string of the molecule is Cc1cccc2nc3cc4c(=O)c5cc(C6CCCCC6)ccc5[nH]c4cc3c(=O)n12. The van der Waals surface area contributed by atoms with Crippen LogP contribution in [-0.4, -0.2) is 14.4 Å². The maximum absolute atomic E-state index is 13.4. The lowest BCUT2D eigenvalue weighted by Gasteiger charge is -2.22. The van der Waals surface area contributed by atoms with Crippen LogP contribution in [0.3, 0.4) is 0 Å². The lowest BCUT2D eigenvalue weighted by Crippen LogP contribution is -2.17. The molecule has 5 aromatic rings. The van der Waals surface area contributed by atoms with Crippen LogP contribution < -0.4 is 11.0 Å². The molecular formula is C26H23N3O2. The fourth-order valence-corrected chi connectivity index (χ4v) is 5.18. The van der Waals surface area contributed by atoms with Gasteiger partial charge in [0.1, 0.15) is 5.65 Å². The number of nitrogens with one attached hydrogen (secondary N) is 1. The first kappa shape index (κ1) is 18.3. The van der Waals surface area contributed by atoms with Gasteiger partial charge < -0.3 is 4.98 Å². The first-order chi connectivity index (χ1) is 15.1. The fourth-order valence-electron chi connectivity index (χ4n) is 5.18. The van der Waals surface area contributed by atoms with Gasteiger partial charge in [0, 0.05) is 22.0 Å². The van der Waals surface area contributed by atoms with Gasteiger partial charge in [-0.05, 0) is 67.6 Å². The van der Waals surface area contributed by atoms with Crippen molar-refractivity contribution in [3.63, 3.8) is 0 Å². The maximum Gasteiger partial charge on any atom is 0.266 e. The van der Waals surface area contributed by atoms with E-state index in [0.29, 0.717) is 38.8 Å². The van der Waals surface area contributed by atoms with E-state index in [4.69, 9.17) is 0 Å². The van der Waals surface area contributed by atoms with Crippen molar-refractivity contribution in [2.45, 2.75) is 44.9 Å². The van der Waals surface area contributed by atoms with E-state index < -0.39 is 0 Å². The molecule has 5 heteroatoms. The van der Waals surface area contributed by atoms with Crippen molar-refractivity contribution in [1.82, 2.24) is 14.4 Å². The molecule has 0 spiro atoms. The number of fused-ring (bicyclic) bond motifs is 4. The van der Waals surface area contributed by atoms with Gasteiger partial charge in [-0.3, -0.25) is 14.0 Å². The Morgan fingerprint density at radius 2 is 1.71 bits per heavy atom. The molecule has 1 saturated carbocycles. The molecule has 0 unspecified atom stereocenters. The summed E-state index contributed by atoms with van der Waals surface area (Å²) in [6, 6.07) is 15.4. The number of nitrogens with zero attached hydrogens (tertiary/aromatic N) is 2. The Morgan fingerprint density at radius 3 is 2.55 bits per heavy atom. The molecule has 0 radical (unpaired) electrons. The zero-order valence-corrected chi connectivity index (χ0v) is 17.4. The summed E-state index contributed by atoms with van der Waals surface area (Å²) < 4.78 is 1.61. The molecule has 0 atom stereocenters. The van der Waals surface area contributed by atoms with Gasteiger partial charge in [-0.15, -0.1) is 0 Å². The van der Waals surface area contributed by atoms with Crippen LogP contribution in [0, 0.1) is 6.92 Å². The molecule has 3 aromatic heterocycles. The Bertz CT molecular complexity index is 1620. The van der Waals surface area contributed by atoms with Crippen LogP contribution in [0.1, 0.15) is 49.3 Å². The van der Waals surface area contributed by atoms with Crippen LogP contribution >= 0.6 is 0 Å². The zero-order valence-electron chi connectivity index (χ0n) is 17.4. The molecule has 0 amide bonds. The van der Waals surface area contributed by atoms with Crippen LogP contribution in [0.25, 0.3) is 38.4 Å². The van der Waals surface area contributed by atoms with Crippen molar-refractivity contribution in [3.05, 3.63) is 80.4 Å². The molecule has 2 aromatic carbocycles. The number of H-pyrrole nitrogens is 1. The number of hydrogen-bond acceptors (Lipinski definition) is 3. The molecule has 6 rings (SSSR count). The van der Waals surface area contributed by atoms with Crippen molar-refractivity contribution in [3.8, 4) is 0 Å². The van der Waals surface area contributed by atoms with E-state index in [1.807, 2.05) is 31.2 Å². The average Bonchev–Trinajstić information content (AvgIpc) is 2.79. The molecule has 154 valence electrons. The van der Waals surface area contributed by atoms with Crippen molar-refractivity contribution in [2.75, 3.05) is 0 Å². The number of rotatable bonds is 1. The van der Waals surface area contributed by atoms with E-state index in [0.717, 1.165) is 11.2 Å². The van der Waals surface area contributed by atoms with Gasteiger partial charge in [-0.1, -0.05) is 31.4 Å². The molecule has 1 aliphatic rings. The van der Waals surface area contributed by atoms with Crippen molar-refractivity contribution in [2.24, 2.45) is 0 Å². The van der Waals surface area contributed by atoms with Gasteiger partial charge in [0.25, 0.3) is 5.56 Å². The highest BCUT2D eigenvalue weighted by Gasteiger charge is 2.17. The van der Waals surface area contributed by atoms with Gasteiger partial charge >= 0.3 is 0 Å². The zero-order chi connectivity index (χ0) is 21.1. The predicted molar refractivity (Wildman–Crippen MR) is 125 cm³/mol. The summed E-state index contributed by atoms with van der Waals surface area (Å²) in [4.78, 5) is 34.6. The van der Waals surface area contributed by atoms with Crippen LogP contribution in [0.4, 0.5) is 0 Å². The molecule has 5 nitrogen and oxygen atoms in total. The number of aryl methyl sites for hydroxylation is 1. The smallest absolute Gasteiger partial charge is 0.266 e. The summed E-state index contributed by atoms with van der Waals surface area (Å²) in [5.74, 6) is 0.543. The molecule has 0 bridgehead atoms. The number of aromatic amines is 1. The highest BCUT2D eigenvalue weighted by Crippen LogP contribution is 2.33. The molecule has 0 aliphatic heterocycles. The summed E-state index contributed by atoms with van der Waals surface area (Å²) in [6.45, 7) is 1.89. The van der Waals surface area contributed by atoms with Gasteiger partial charge in [0.05, 0.1) is 16.4 Å². The van der Waals surface area contributed by atoms with E-state index in [-0.39, 0.29) is 11.0 Å². The fraction of sp³-hybridized carbons (Fsp3) is 0.269. The number of benzene rings is 2. The van der Waals surface area contributed by atoms with Crippen molar-refractivity contribution >= 4 is 38.4 Å². The Balaban J connectivity index is 1.64. The third kappa shape index (κ3) is 2.80. The quantitative estimate of drug-likeness (QED) is 0.387. The summed E-state index contributed by atoms with van der Waals surface area (Å²) in [5, 5.41) is 1.79. The molecule has 1 aliphatic carbocycles.